The number of rotatable bonds is 3. The first kappa shape index (κ1) is 12.8. The Morgan fingerprint density at radius 3 is 2.95 bits per heavy atom. The first-order valence-corrected chi connectivity index (χ1v) is 7.08. The normalized spacial score (nSPS) is 25.0. The van der Waals surface area contributed by atoms with Gasteiger partial charge in [0, 0.05) is 18.9 Å². The van der Waals surface area contributed by atoms with E-state index in [-0.39, 0.29) is 23.1 Å². The van der Waals surface area contributed by atoms with Gasteiger partial charge >= 0.3 is 0 Å². The van der Waals surface area contributed by atoms with Crippen LogP contribution in [0.3, 0.4) is 0 Å². The standard InChI is InChI=1S/C16H19FO2/c17-14-4-1-3-12(9-14)10-15(18)13-5-8-19-16(11-13)6-2-7-16/h1,3-4,9,13H,2,5-8,10-11H2. The Hall–Kier alpha value is -1.22. The van der Waals surface area contributed by atoms with E-state index in [1.807, 2.05) is 6.07 Å². The monoisotopic (exact) mass is 262 g/mol. The first-order chi connectivity index (χ1) is 9.17. The lowest BCUT2D eigenvalue weighted by Crippen LogP contribution is -2.47. The molecule has 0 amide bonds. The van der Waals surface area contributed by atoms with Gasteiger partial charge in [-0.2, -0.15) is 0 Å². The van der Waals surface area contributed by atoms with Crippen molar-refractivity contribution >= 4 is 5.78 Å². The van der Waals surface area contributed by atoms with Gasteiger partial charge in [-0.1, -0.05) is 12.1 Å². The topological polar surface area (TPSA) is 26.3 Å². The van der Waals surface area contributed by atoms with Crippen LogP contribution in [0.1, 0.15) is 37.7 Å². The van der Waals surface area contributed by atoms with E-state index in [9.17, 15) is 9.18 Å². The lowest BCUT2D eigenvalue weighted by molar-refractivity contribution is -0.155. The molecule has 19 heavy (non-hydrogen) atoms. The number of ether oxygens (including phenoxy) is 1. The van der Waals surface area contributed by atoms with Gasteiger partial charge in [-0.3, -0.25) is 4.79 Å². The molecule has 3 rings (SSSR count). The van der Waals surface area contributed by atoms with Crippen LogP contribution in [0.25, 0.3) is 0 Å². The Balaban J connectivity index is 1.63. The second-order valence-corrected chi connectivity index (χ2v) is 5.85. The molecule has 3 heteroatoms. The maximum absolute atomic E-state index is 13.1. The summed E-state index contributed by atoms with van der Waals surface area (Å²) in [4.78, 5) is 12.3. The molecule has 1 aliphatic carbocycles. The van der Waals surface area contributed by atoms with Crippen LogP contribution in [0, 0.1) is 11.7 Å². The van der Waals surface area contributed by atoms with E-state index in [0.29, 0.717) is 13.0 Å². The van der Waals surface area contributed by atoms with Gasteiger partial charge in [0.2, 0.25) is 0 Å². The van der Waals surface area contributed by atoms with Crippen LogP contribution in [0.2, 0.25) is 0 Å². The van der Waals surface area contributed by atoms with Crippen molar-refractivity contribution < 1.29 is 13.9 Å². The summed E-state index contributed by atoms with van der Waals surface area (Å²) < 4.78 is 19.0. The van der Waals surface area contributed by atoms with Crippen LogP contribution in [0.15, 0.2) is 24.3 Å². The summed E-state index contributed by atoms with van der Waals surface area (Å²) in [5.74, 6) is 0.0604. The lowest BCUT2D eigenvalue weighted by atomic mass is 9.71. The molecular weight excluding hydrogens is 243 g/mol. The van der Waals surface area contributed by atoms with Gasteiger partial charge in [0.15, 0.2) is 0 Å². The summed E-state index contributed by atoms with van der Waals surface area (Å²) in [5, 5.41) is 0. The number of carbonyl (C=O) groups excluding carboxylic acids is 1. The Kier molecular flexibility index (Phi) is 3.40. The summed E-state index contributed by atoms with van der Waals surface area (Å²) >= 11 is 0. The zero-order chi connectivity index (χ0) is 13.3. The van der Waals surface area contributed by atoms with E-state index in [1.54, 1.807) is 6.07 Å². The summed E-state index contributed by atoms with van der Waals surface area (Å²) in [5.41, 5.74) is 0.778. The molecule has 1 saturated heterocycles. The van der Waals surface area contributed by atoms with Crippen LogP contribution in [0.4, 0.5) is 4.39 Å². The number of halogens is 1. The second kappa shape index (κ2) is 5.04. The summed E-state index contributed by atoms with van der Waals surface area (Å²) in [6.45, 7) is 0.694. The molecule has 1 unspecified atom stereocenters. The van der Waals surface area contributed by atoms with Gasteiger partial charge in [-0.15, -0.1) is 0 Å². The highest BCUT2D eigenvalue weighted by atomic mass is 19.1. The van der Waals surface area contributed by atoms with Crippen molar-refractivity contribution in [1.82, 2.24) is 0 Å². The van der Waals surface area contributed by atoms with Crippen molar-refractivity contribution in [1.29, 1.82) is 0 Å². The number of carbonyl (C=O) groups is 1. The molecule has 2 fully saturated rings. The smallest absolute Gasteiger partial charge is 0.140 e. The van der Waals surface area contributed by atoms with E-state index in [0.717, 1.165) is 31.2 Å². The quantitative estimate of drug-likeness (QED) is 0.835. The molecular formula is C16H19FO2. The highest BCUT2D eigenvalue weighted by Gasteiger charge is 2.44. The van der Waals surface area contributed by atoms with Crippen molar-refractivity contribution in [3.63, 3.8) is 0 Å². The molecule has 0 bridgehead atoms. The van der Waals surface area contributed by atoms with Gasteiger partial charge < -0.3 is 4.74 Å². The number of ketones is 1. The predicted molar refractivity (Wildman–Crippen MR) is 70.4 cm³/mol. The molecule has 2 aliphatic rings. The number of benzene rings is 1. The van der Waals surface area contributed by atoms with Crippen molar-refractivity contribution in [2.45, 2.75) is 44.1 Å². The summed E-state index contributed by atoms with van der Waals surface area (Å²) in [6, 6.07) is 6.34. The first-order valence-electron chi connectivity index (χ1n) is 7.08. The molecule has 1 aromatic carbocycles. The molecule has 1 atom stereocenters. The van der Waals surface area contributed by atoms with Gasteiger partial charge in [-0.25, -0.2) is 4.39 Å². The van der Waals surface area contributed by atoms with E-state index in [2.05, 4.69) is 0 Å². The maximum Gasteiger partial charge on any atom is 0.140 e. The zero-order valence-electron chi connectivity index (χ0n) is 11.0. The molecule has 0 radical (unpaired) electrons. The largest absolute Gasteiger partial charge is 0.375 e. The molecule has 1 aromatic rings. The zero-order valence-corrected chi connectivity index (χ0v) is 11.0. The van der Waals surface area contributed by atoms with E-state index in [4.69, 9.17) is 4.74 Å². The van der Waals surface area contributed by atoms with Crippen molar-refractivity contribution in [3.05, 3.63) is 35.6 Å². The summed E-state index contributed by atoms with van der Waals surface area (Å²) in [6.07, 6.45) is 5.42. The highest BCUT2D eigenvalue weighted by Crippen LogP contribution is 2.44. The van der Waals surface area contributed by atoms with Gasteiger partial charge in [0.05, 0.1) is 5.60 Å². The highest BCUT2D eigenvalue weighted by molar-refractivity contribution is 5.83. The Morgan fingerprint density at radius 2 is 2.26 bits per heavy atom. The van der Waals surface area contributed by atoms with Crippen molar-refractivity contribution in [2.75, 3.05) is 6.61 Å². The minimum Gasteiger partial charge on any atom is -0.375 e. The molecule has 102 valence electrons. The lowest BCUT2D eigenvalue weighted by Gasteiger charge is -2.46. The third-order valence-electron chi connectivity index (χ3n) is 4.48. The van der Waals surface area contributed by atoms with E-state index < -0.39 is 0 Å². The molecule has 0 N–H and O–H groups in total. The van der Waals surface area contributed by atoms with E-state index >= 15 is 0 Å². The van der Waals surface area contributed by atoms with Crippen LogP contribution >= 0.6 is 0 Å². The van der Waals surface area contributed by atoms with Crippen LogP contribution in [-0.2, 0) is 16.0 Å². The van der Waals surface area contributed by atoms with Gasteiger partial charge in [0.25, 0.3) is 0 Å². The molecule has 1 aliphatic heterocycles. The SMILES string of the molecule is O=C(Cc1cccc(F)c1)C1CCOC2(CCC2)C1. The fourth-order valence-electron chi connectivity index (χ4n) is 3.21. The second-order valence-electron chi connectivity index (χ2n) is 5.85. The van der Waals surface area contributed by atoms with Crippen LogP contribution in [0.5, 0.6) is 0 Å². The van der Waals surface area contributed by atoms with Gasteiger partial charge in [-0.05, 0) is 49.8 Å². The Labute approximate surface area is 113 Å². The van der Waals surface area contributed by atoms with Crippen LogP contribution in [-0.4, -0.2) is 18.0 Å². The number of Topliss-reactive ketones (excluding diaryl/α,β-unsaturated/α-hetero) is 1. The molecule has 1 heterocycles. The Morgan fingerprint density at radius 1 is 1.42 bits per heavy atom. The van der Waals surface area contributed by atoms with Gasteiger partial charge in [0.1, 0.15) is 11.6 Å². The minimum atomic E-state index is -0.271. The average molecular weight is 262 g/mol. The Bertz CT molecular complexity index is 479. The summed E-state index contributed by atoms with van der Waals surface area (Å²) in [7, 11) is 0. The van der Waals surface area contributed by atoms with E-state index in [1.165, 1.54) is 18.6 Å². The maximum atomic E-state index is 13.1. The molecule has 0 aromatic heterocycles. The fraction of sp³-hybridized carbons (Fsp3) is 0.562. The number of hydrogen-bond donors (Lipinski definition) is 0. The van der Waals surface area contributed by atoms with Crippen molar-refractivity contribution in [2.24, 2.45) is 5.92 Å². The molecule has 1 spiro atoms. The minimum absolute atomic E-state index is 0.000510. The molecule has 1 saturated carbocycles. The predicted octanol–water partition coefficient (Wildman–Crippen LogP) is 3.29. The fourth-order valence-corrected chi connectivity index (χ4v) is 3.21. The third-order valence-corrected chi connectivity index (χ3v) is 4.48. The average Bonchev–Trinajstić information content (AvgIpc) is 2.37. The van der Waals surface area contributed by atoms with Crippen molar-refractivity contribution in [3.8, 4) is 0 Å². The van der Waals surface area contributed by atoms with Crippen LogP contribution < -0.4 is 0 Å². The molecule has 2 nitrogen and oxygen atoms in total. The number of hydrogen-bond acceptors (Lipinski definition) is 2. The third kappa shape index (κ3) is 2.71.